The number of carbonyl (C=O) groups excluding carboxylic acids is 1. The van der Waals surface area contributed by atoms with Crippen molar-refractivity contribution < 1.29 is 14.3 Å². The fourth-order valence-corrected chi connectivity index (χ4v) is 3.51. The second-order valence-corrected chi connectivity index (χ2v) is 8.69. The Morgan fingerprint density at radius 2 is 1.83 bits per heavy atom. The number of benzene rings is 2. The van der Waals surface area contributed by atoms with Crippen LogP contribution >= 0.6 is 0 Å². The summed E-state index contributed by atoms with van der Waals surface area (Å²) in [6.07, 6.45) is -0.231. The van der Waals surface area contributed by atoms with Crippen molar-refractivity contribution in [3.8, 4) is 5.75 Å². The van der Waals surface area contributed by atoms with Gasteiger partial charge in [-0.05, 0) is 63.9 Å². The number of carbonyl (C=O) groups is 1. The van der Waals surface area contributed by atoms with E-state index in [-0.39, 0.29) is 12.1 Å². The van der Waals surface area contributed by atoms with Crippen molar-refractivity contribution in [2.75, 3.05) is 24.5 Å². The molecule has 2 aromatic rings. The summed E-state index contributed by atoms with van der Waals surface area (Å²) < 4.78 is 11.5. The van der Waals surface area contributed by atoms with Gasteiger partial charge in [-0.1, -0.05) is 30.3 Å². The van der Waals surface area contributed by atoms with Crippen LogP contribution < -0.4 is 9.64 Å². The van der Waals surface area contributed by atoms with Gasteiger partial charge >= 0.3 is 6.09 Å². The molecule has 5 heteroatoms. The van der Waals surface area contributed by atoms with Gasteiger partial charge in [-0.15, -0.1) is 0 Å². The zero-order chi connectivity index (χ0) is 21.0. The van der Waals surface area contributed by atoms with Gasteiger partial charge in [0.1, 0.15) is 18.0 Å². The van der Waals surface area contributed by atoms with E-state index in [1.807, 2.05) is 49.9 Å². The number of hydrogen-bond donors (Lipinski definition) is 0. The van der Waals surface area contributed by atoms with Gasteiger partial charge in [0, 0.05) is 31.4 Å². The topological polar surface area (TPSA) is 42.0 Å². The zero-order valence-corrected chi connectivity index (χ0v) is 18.1. The summed E-state index contributed by atoms with van der Waals surface area (Å²) in [5, 5.41) is 0. The highest BCUT2D eigenvalue weighted by Crippen LogP contribution is 2.27. The average molecular weight is 397 g/mol. The van der Waals surface area contributed by atoms with E-state index in [1.54, 1.807) is 0 Å². The SMILES string of the molecule is Cc1cc(N2CCN(C(=O)OC(C)(C)C)[C@H](C)C2)ccc1OCc1ccccc1. The maximum Gasteiger partial charge on any atom is 0.410 e. The predicted octanol–water partition coefficient (Wildman–Crippen LogP) is 5.02. The van der Waals surface area contributed by atoms with Gasteiger partial charge in [-0.25, -0.2) is 4.79 Å². The molecule has 0 N–H and O–H groups in total. The van der Waals surface area contributed by atoms with Crippen molar-refractivity contribution in [2.45, 2.75) is 52.9 Å². The summed E-state index contributed by atoms with van der Waals surface area (Å²) in [6, 6.07) is 16.6. The van der Waals surface area contributed by atoms with Crippen molar-refractivity contribution >= 4 is 11.8 Å². The summed E-state index contributed by atoms with van der Waals surface area (Å²) in [7, 11) is 0. The Morgan fingerprint density at radius 3 is 2.45 bits per heavy atom. The van der Waals surface area contributed by atoms with Crippen LogP contribution in [0.15, 0.2) is 48.5 Å². The number of rotatable bonds is 4. The van der Waals surface area contributed by atoms with E-state index < -0.39 is 5.60 Å². The van der Waals surface area contributed by atoms with Crippen LogP contribution in [0, 0.1) is 6.92 Å². The van der Waals surface area contributed by atoms with Gasteiger partial charge in [0.15, 0.2) is 0 Å². The minimum Gasteiger partial charge on any atom is -0.489 e. The molecule has 1 amide bonds. The lowest BCUT2D eigenvalue weighted by atomic mass is 10.1. The normalized spacial score (nSPS) is 17.2. The fourth-order valence-electron chi connectivity index (χ4n) is 3.51. The molecule has 0 unspecified atom stereocenters. The van der Waals surface area contributed by atoms with Crippen molar-refractivity contribution in [3.05, 3.63) is 59.7 Å². The van der Waals surface area contributed by atoms with E-state index in [1.165, 1.54) is 0 Å². The van der Waals surface area contributed by atoms with Gasteiger partial charge in [-0.2, -0.15) is 0 Å². The first-order valence-electron chi connectivity index (χ1n) is 10.2. The second-order valence-electron chi connectivity index (χ2n) is 8.69. The lowest BCUT2D eigenvalue weighted by molar-refractivity contribution is 0.0159. The number of ether oxygens (including phenoxy) is 2. The van der Waals surface area contributed by atoms with E-state index in [4.69, 9.17) is 9.47 Å². The first-order chi connectivity index (χ1) is 13.7. The second kappa shape index (κ2) is 8.76. The van der Waals surface area contributed by atoms with Gasteiger partial charge < -0.3 is 19.3 Å². The molecule has 0 aliphatic carbocycles. The Balaban J connectivity index is 1.60. The van der Waals surface area contributed by atoms with Gasteiger partial charge in [-0.3, -0.25) is 0 Å². The highest BCUT2D eigenvalue weighted by atomic mass is 16.6. The van der Waals surface area contributed by atoms with Crippen LogP contribution in [0.3, 0.4) is 0 Å². The molecule has 0 bridgehead atoms. The summed E-state index contributed by atoms with van der Waals surface area (Å²) >= 11 is 0. The van der Waals surface area contributed by atoms with Gasteiger partial charge in [0.2, 0.25) is 0 Å². The molecular weight excluding hydrogens is 364 g/mol. The van der Waals surface area contributed by atoms with Crippen molar-refractivity contribution in [1.82, 2.24) is 4.90 Å². The van der Waals surface area contributed by atoms with E-state index in [0.717, 1.165) is 35.7 Å². The minimum atomic E-state index is -0.472. The van der Waals surface area contributed by atoms with Crippen LogP contribution in [0.4, 0.5) is 10.5 Å². The molecule has 0 spiro atoms. The van der Waals surface area contributed by atoms with Crippen LogP contribution in [0.25, 0.3) is 0 Å². The number of anilines is 1. The van der Waals surface area contributed by atoms with E-state index >= 15 is 0 Å². The molecule has 1 heterocycles. The van der Waals surface area contributed by atoms with Crippen LogP contribution in [0.1, 0.15) is 38.8 Å². The van der Waals surface area contributed by atoms with Crippen LogP contribution in [-0.2, 0) is 11.3 Å². The standard InChI is InChI=1S/C24H32N2O3/c1-18-15-21(11-12-22(18)28-17-20-9-7-6-8-10-20)25-13-14-26(19(2)16-25)23(27)29-24(3,4)5/h6-12,15,19H,13-14,16-17H2,1-5H3/t19-/m1/s1. The summed E-state index contributed by atoms with van der Waals surface area (Å²) in [4.78, 5) is 16.6. The Kier molecular flexibility index (Phi) is 6.36. The molecule has 1 aliphatic heterocycles. The summed E-state index contributed by atoms with van der Waals surface area (Å²) in [5.74, 6) is 0.901. The zero-order valence-electron chi connectivity index (χ0n) is 18.1. The fraction of sp³-hybridized carbons (Fsp3) is 0.458. The first kappa shape index (κ1) is 21.0. The quantitative estimate of drug-likeness (QED) is 0.728. The monoisotopic (exact) mass is 396 g/mol. The maximum absolute atomic E-state index is 12.4. The lowest BCUT2D eigenvalue weighted by Gasteiger charge is -2.41. The van der Waals surface area contributed by atoms with Crippen LogP contribution in [0.2, 0.25) is 0 Å². The van der Waals surface area contributed by atoms with E-state index in [0.29, 0.717) is 13.2 Å². The Hall–Kier alpha value is -2.69. The molecule has 1 fully saturated rings. The molecule has 0 radical (unpaired) electrons. The molecule has 156 valence electrons. The van der Waals surface area contributed by atoms with Crippen molar-refractivity contribution in [2.24, 2.45) is 0 Å². The molecule has 29 heavy (non-hydrogen) atoms. The molecule has 5 nitrogen and oxygen atoms in total. The van der Waals surface area contributed by atoms with Gasteiger partial charge in [0.25, 0.3) is 0 Å². The Labute approximate surface area is 174 Å². The number of amides is 1. The molecule has 3 rings (SSSR count). The molecule has 0 aromatic heterocycles. The third kappa shape index (κ3) is 5.66. The Bertz CT molecular complexity index is 830. The Morgan fingerprint density at radius 1 is 1.10 bits per heavy atom. The number of nitrogens with zero attached hydrogens (tertiary/aromatic N) is 2. The van der Waals surface area contributed by atoms with Crippen LogP contribution in [0.5, 0.6) is 5.75 Å². The molecule has 1 saturated heterocycles. The molecule has 1 atom stereocenters. The maximum atomic E-state index is 12.4. The first-order valence-corrected chi connectivity index (χ1v) is 10.2. The molecular formula is C24H32N2O3. The average Bonchev–Trinajstić information content (AvgIpc) is 2.66. The van der Waals surface area contributed by atoms with Crippen molar-refractivity contribution in [1.29, 1.82) is 0 Å². The number of aryl methyl sites for hydroxylation is 1. The predicted molar refractivity (Wildman–Crippen MR) is 117 cm³/mol. The highest BCUT2D eigenvalue weighted by Gasteiger charge is 2.31. The lowest BCUT2D eigenvalue weighted by Crippen LogP contribution is -2.55. The summed E-state index contributed by atoms with van der Waals surface area (Å²) in [6.45, 7) is 12.6. The number of hydrogen-bond acceptors (Lipinski definition) is 4. The minimum absolute atomic E-state index is 0.0907. The van der Waals surface area contributed by atoms with E-state index in [2.05, 4.69) is 43.0 Å². The summed E-state index contributed by atoms with van der Waals surface area (Å²) in [5.41, 5.74) is 2.95. The van der Waals surface area contributed by atoms with Gasteiger partial charge in [0.05, 0.1) is 0 Å². The smallest absolute Gasteiger partial charge is 0.410 e. The molecule has 2 aromatic carbocycles. The number of piperazine rings is 1. The highest BCUT2D eigenvalue weighted by molar-refractivity contribution is 5.69. The third-order valence-corrected chi connectivity index (χ3v) is 5.02. The van der Waals surface area contributed by atoms with Crippen LogP contribution in [-0.4, -0.2) is 42.3 Å². The van der Waals surface area contributed by atoms with E-state index in [9.17, 15) is 4.79 Å². The molecule has 1 aliphatic rings. The van der Waals surface area contributed by atoms with Crippen molar-refractivity contribution in [3.63, 3.8) is 0 Å². The largest absolute Gasteiger partial charge is 0.489 e. The molecule has 0 saturated carbocycles. The third-order valence-electron chi connectivity index (χ3n) is 5.02.